The average Bonchev–Trinajstić information content (AvgIpc) is 2.46. The lowest BCUT2D eigenvalue weighted by atomic mass is 10.1. The molecule has 0 aromatic heterocycles. The Bertz CT molecular complexity index is 743. The smallest absolute Gasteiger partial charge is 0.287 e. The summed E-state index contributed by atoms with van der Waals surface area (Å²) in [6, 6.07) is 10.2. The lowest BCUT2D eigenvalue weighted by Gasteiger charge is -2.09. The molecule has 0 atom stereocenters. The number of nitro groups is 1. The van der Waals surface area contributed by atoms with Gasteiger partial charge in [0.15, 0.2) is 0 Å². The van der Waals surface area contributed by atoms with Crippen molar-refractivity contribution in [2.75, 3.05) is 0 Å². The SMILES string of the molecule is N#Cc1ccc(COc2cccc([N+](=O)[O-])c2Br)c(F)c1. The summed E-state index contributed by atoms with van der Waals surface area (Å²) >= 11 is 3.09. The lowest BCUT2D eigenvalue weighted by molar-refractivity contribution is -0.385. The van der Waals surface area contributed by atoms with E-state index >= 15 is 0 Å². The van der Waals surface area contributed by atoms with Crippen LogP contribution in [0.2, 0.25) is 0 Å². The normalized spacial score (nSPS) is 9.95. The van der Waals surface area contributed by atoms with Gasteiger partial charge >= 0.3 is 0 Å². The van der Waals surface area contributed by atoms with Crippen molar-refractivity contribution in [3.05, 3.63) is 67.9 Å². The number of rotatable bonds is 4. The van der Waals surface area contributed by atoms with Crippen LogP contribution in [-0.2, 0) is 6.61 Å². The number of hydrogen-bond acceptors (Lipinski definition) is 4. The molecule has 21 heavy (non-hydrogen) atoms. The number of hydrogen-bond donors (Lipinski definition) is 0. The number of nitrogens with zero attached hydrogens (tertiary/aromatic N) is 2. The van der Waals surface area contributed by atoms with Gasteiger partial charge in [0, 0.05) is 11.6 Å². The molecule has 0 aliphatic rings. The van der Waals surface area contributed by atoms with Gasteiger partial charge in [0.25, 0.3) is 5.69 Å². The van der Waals surface area contributed by atoms with Crippen LogP contribution in [0.1, 0.15) is 11.1 Å². The summed E-state index contributed by atoms with van der Waals surface area (Å²) in [4.78, 5) is 10.3. The van der Waals surface area contributed by atoms with E-state index in [2.05, 4.69) is 15.9 Å². The molecule has 0 spiro atoms. The number of nitriles is 1. The monoisotopic (exact) mass is 350 g/mol. The standard InChI is InChI=1S/C14H8BrFN2O3/c15-14-12(18(19)20)2-1-3-13(14)21-8-10-5-4-9(7-17)6-11(10)16/h1-6H,8H2. The fourth-order valence-electron chi connectivity index (χ4n) is 1.64. The summed E-state index contributed by atoms with van der Waals surface area (Å²) in [6.45, 7) is -0.0999. The molecule has 0 radical (unpaired) electrons. The molecule has 0 saturated heterocycles. The molecule has 0 unspecified atom stereocenters. The van der Waals surface area contributed by atoms with E-state index in [0.29, 0.717) is 0 Å². The summed E-state index contributed by atoms with van der Waals surface area (Å²) in [5, 5.41) is 19.5. The maximum Gasteiger partial charge on any atom is 0.287 e. The second-order valence-corrected chi connectivity index (χ2v) is 4.85. The van der Waals surface area contributed by atoms with Gasteiger partial charge in [-0.2, -0.15) is 5.26 Å². The lowest BCUT2D eigenvalue weighted by Crippen LogP contribution is -2.00. The van der Waals surface area contributed by atoms with Gasteiger partial charge < -0.3 is 4.74 Å². The maximum atomic E-state index is 13.7. The van der Waals surface area contributed by atoms with Crippen molar-refractivity contribution in [1.82, 2.24) is 0 Å². The van der Waals surface area contributed by atoms with Crippen LogP contribution >= 0.6 is 15.9 Å². The van der Waals surface area contributed by atoms with Crippen molar-refractivity contribution in [2.45, 2.75) is 6.61 Å². The first-order chi connectivity index (χ1) is 10.0. The van der Waals surface area contributed by atoms with Gasteiger partial charge in [-0.25, -0.2) is 4.39 Å². The minimum atomic E-state index is -0.560. The molecule has 106 valence electrons. The van der Waals surface area contributed by atoms with Crippen molar-refractivity contribution in [3.63, 3.8) is 0 Å². The zero-order chi connectivity index (χ0) is 15.4. The Hall–Kier alpha value is -2.46. The Labute approximate surface area is 127 Å². The number of halogens is 2. The molecule has 0 saturated carbocycles. The summed E-state index contributed by atoms with van der Waals surface area (Å²) in [5.74, 6) is -0.316. The van der Waals surface area contributed by atoms with Crippen molar-refractivity contribution < 1.29 is 14.1 Å². The van der Waals surface area contributed by atoms with Gasteiger partial charge in [-0.15, -0.1) is 0 Å². The second-order valence-electron chi connectivity index (χ2n) is 4.05. The minimum Gasteiger partial charge on any atom is -0.487 e. The Morgan fingerprint density at radius 3 is 2.76 bits per heavy atom. The van der Waals surface area contributed by atoms with E-state index in [9.17, 15) is 14.5 Å². The van der Waals surface area contributed by atoms with Crippen LogP contribution in [0, 0.1) is 27.3 Å². The van der Waals surface area contributed by atoms with E-state index < -0.39 is 10.7 Å². The van der Waals surface area contributed by atoms with Crippen molar-refractivity contribution >= 4 is 21.6 Å². The van der Waals surface area contributed by atoms with E-state index in [1.807, 2.05) is 6.07 Å². The largest absolute Gasteiger partial charge is 0.487 e. The topological polar surface area (TPSA) is 76.2 Å². The van der Waals surface area contributed by atoms with Gasteiger partial charge in [-0.05, 0) is 34.1 Å². The Balaban J connectivity index is 2.19. The van der Waals surface area contributed by atoms with Crippen molar-refractivity contribution in [3.8, 4) is 11.8 Å². The molecule has 2 aromatic rings. The van der Waals surface area contributed by atoms with E-state index in [0.717, 1.165) is 6.07 Å². The molecule has 2 aromatic carbocycles. The first-order valence-corrected chi connectivity index (χ1v) is 6.56. The molecule has 0 fully saturated rings. The zero-order valence-electron chi connectivity index (χ0n) is 10.5. The molecular weight excluding hydrogens is 343 g/mol. The molecule has 0 amide bonds. The van der Waals surface area contributed by atoms with Crippen molar-refractivity contribution in [2.24, 2.45) is 0 Å². The third kappa shape index (κ3) is 3.35. The Morgan fingerprint density at radius 1 is 1.38 bits per heavy atom. The van der Waals surface area contributed by atoms with Crippen molar-refractivity contribution in [1.29, 1.82) is 5.26 Å². The average molecular weight is 351 g/mol. The summed E-state index contributed by atoms with van der Waals surface area (Å²) in [5.41, 5.74) is 0.341. The highest BCUT2D eigenvalue weighted by Gasteiger charge is 2.16. The maximum absolute atomic E-state index is 13.7. The highest BCUT2D eigenvalue weighted by molar-refractivity contribution is 9.10. The fraction of sp³-hybridized carbons (Fsp3) is 0.0714. The van der Waals surface area contributed by atoms with Crippen LogP contribution in [0.3, 0.4) is 0 Å². The molecule has 2 rings (SSSR count). The van der Waals surface area contributed by atoms with Gasteiger partial charge in [-0.1, -0.05) is 12.1 Å². The van der Waals surface area contributed by atoms with E-state index in [4.69, 9.17) is 10.00 Å². The highest BCUT2D eigenvalue weighted by atomic mass is 79.9. The van der Waals surface area contributed by atoms with E-state index in [-0.39, 0.29) is 33.6 Å². The molecule has 0 heterocycles. The molecule has 0 aliphatic heterocycles. The van der Waals surface area contributed by atoms with Crippen LogP contribution in [0.4, 0.5) is 10.1 Å². The summed E-state index contributed by atoms with van der Waals surface area (Å²) in [6.07, 6.45) is 0. The van der Waals surface area contributed by atoms with Crippen LogP contribution < -0.4 is 4.74 Å². The number of benzene rings is 2. The summed E-state index contributed by atoms with van der Waals surface area (Å²) < 4.78 is 19.3. The van der Waals surface area contributed by atoms with Crippen LogP contribution in [0.15, 0.2) is 40.9 Å². The molecular formula is C14H8BrFN2O3. The second kappa shape index (κ2) is 6.33. The molecule has 0 aliphatic carbocycles. The van der Waals surface area contributed by atoms with Crippen LogP contribution in [0.25, 0.3) is 0 Å². The zero-order valence-corrected chi connectivity index (χ0v) is 12.1. The number of nitro benzene ring substituents is 1. The van der Waals surface area contributed by atoms with Gasteiger partial charge in [0.2, 0.25) is 0 Å². The molecule has 0 N–H and O–H groups in total. The Morgan fingerprint density at radius 2 is 2.14 bits per heavy atom. The third-order valence-electron chi connectivity index (χ3n) is 2.70. The molecule has 0 bridgehead atoms. The van der Waals surface area contributed by atoms with E-state index in [1.54, 1.807) is 6.07 Å². The number of ether oxygens (including phenoxy) is 1. The van der Waals surface area contributed by atoms with E-state index in [1.165, 1.54) is 24.3 Å². The van der Waals surface area contributed by atoms with Gasteiger partial charge in [0.1, 0.15) is 22.6 Å². The van der Waals surface area contributed by atoms with Crippen LogP contribution in [-0.4, -0.2) is 4.92 Å². The minimum absolute atomic E-state index is 0.0999. The molecule has 5 nitrogen and oxygen atoms in total. The van der Waals surface area contributed by atoms with Crippen LogP contribution in [0.5, 0.6) is 5.75 Å². The third-order valence-corrected chi connectivity index (χ3v) is 3.50. The predicted octanol–water partition coefficient (Wildman–Crippen LogP) is 3.95. The first kappa shape index (κ1) is 14.9. The molecule has 7 heteroatoms. The fourth-order valence-corrected chi connectivity index (χ4v) is 2.16. The highest BCUT2D eigenvalue weighted by Crippen LogP contribution is 2.34. The van der Waals surface area contributed by atoms with Gasteiger partial charge in [0.05, 0.1) is 16.6 Å². The first-order valence-electron chi connectivity index (χ1n) is 5.77. The quantitative estimate of drug-likeness (QED) is 0.617. The Kier molecular flexibility index (Phi) is 4.50. The predicted molar refractivity (Wildman–Crippen MR) is 76.2 cm³/mol. The van der Waals surface area contributed by atoms with Gasteiger partial charge in [-0.3, -0.25) is 10.1 Å². The summed E-state index contributed by atoms with van der Waals surface area (Å²) in [7, 11) is 0.